The van der Waals surface area contributed by atoms with Crippen LogP contribution in [0.3, 0.4) is 0 Å². The smallest absolute Gasteiger partial charge is 0.311 e. The minimum atomic E-state index is -0.586. The molecule has 7 nitrogen and oxygen atoms in total. The maximum absolute atomic E-state index is 13.6. The molecule has 1 heterocycles. The number of nitro groups is 1. The molecule has 1 N–H and O–H groups in total. The van der Waals surface area contributed by atoms with Crippen LogP contribution in [0.25, 0.3) is 0 Å². The zero-order chi connectivity index (χ0) is 18.7. The average molecular weight is 359 g/mol. The van der Waals surface area contributed by atoms with Crippen LogP contribution in [0.5, 0.6) is 5.75 Å². The predicted octanol–water partition coefficient (Wildman–Crippen LogP) is 2.53. The standard InChI is InChI=1S/C18H18FN3O4/c1-26-17-6-5-13(10-15(17)22(24)25)18(23)21-8-7-20-11-16(21)12-3-2-4-14(19)9-12/h2-6,9-10,16,20H,7-8,11H2,1H3. The van der Waals surface area contributed by atoms with E-state index in [-0.39, 0.29) is 34.8 Å². The molecule has 1 aliphatic rings. The fraction of sp³-hybridized carbons (Fsp3) is 0.278. The highest BCUT2D eigenvalue weighted by molar-refractivity contribution is 5.95. The number of methoxy groups -OCH3 is 1. The zero-order valence-corrected chi connectivity index (χ0v) is 14.1. The van der Waals surface area contributed by atoms with Gasteiger partial charge >= 0.3 is 5.69 Å². The van der Waals surface area contributed by atoms with E-state index in [1.165, 1.54) is 37.4 Å². The highest BCUT2D eigenvalue weighted by Gasteiger charge is 2.30. The summed E-state index contributed by atoms with van der Waals surface area (Å²) in [6.45, 7) is 1.49. The Bertz CT molecular complexity index is 843. The van der Waals surface area contributed by atoms with Gasteiger partial charge in [0.05, 0.1) is 18.1 Å². The molecule has 26 heavy (non-hydrogen) atoms. The third-order valence-corrected chi connectivity index (χ3v) is 4.36. The molecule has 0 bridgehead atoms. The second-order valence-electron chi connectivity index (χ2n) is 5.92. The van der Waals surface area contributed by atoms with Crippen molar-refractivity contribution in [3.8, 4) is 5.75 Å². The summed E-state index contributed by atoms with van der Waals surface area (Å²) in [4.78, 5) is 25.2. The Hall–Kier alpha value is -3.00. The predicted molar refractivity (Wildman–Crippen MR) is 92.7 cm³/mol. The van der Waals surface area contributed by atoms with Crippen LogP contribution in [0.2, 0.25) is 0 Å². The van der Waals surface area contributed by atoms with Gasteiger partial charge in [0.15, 0.2) is 5.75 Å². The summed E-state index contributed by atoms with van der Waals surface area (Å²) in [5.41, 5.74) is 0.602. The number of benzene rings is 2. The summed E-state index contributed by atoms with van der Waals surface area (Å²) in [6.07, 6.45) is 0. The molecule has 0 spiro atoms. The highest BCUT2D eigenvalue weighted by Crippen LogP contribution is 2.30. The molecular weight excluding hydrogens is 341 g/mol. The van der Waals surface area contributed by atoms with E-state index in [9.17, 15) is 19.3 Å². The summed E-state index contributed by atoms with van der Waals surface area (Å²) in [7, 11) is 1.33. The van der Waals surface area contributed by atoms with E-state index in [1.807, 2.05) is 0 Å². The van der Waals surface area contributed by atoms with Gasteiger partial charge in [-0.25, -0.2) is 4.39 Å². The minimum Gasteiger partial charge on any atom is -0.490 e. The van der Waals surface area contributed by atoms with Gasteiger partial charge in [-0.2, -0.15) is 0 Å². The van der Waals surface area contributed by atoms with E-state index in [4.69, 9.17) is 4.74 Å². The van der Waals surface area contributed by atoms with Crippen LogP contribution < -0.4 is 10.1 Å². The van der Waals surface area contributed by atoms with Crippen molar-refractivity contribution in [3.63, 3.8) is 0 Å². The van der Waals surface area contributed by atoms with Crippen LogP contribution in [0.1, 0.15) is 22.0 Å². The quantitative estimate of drug-likeness (QED) is 0.670. The summed E-state index contributed by atoms with van der Waals surface area (Å²) in [6, 6.07) is 9.87. The van der Waals surface area contributed by atoms with Gasteiger partial charge in [0.2, 0.25) is 0 Å². The van der Waals surface area contributed by atoms with Crippen molar-refractivity contribution >= 4 is 11.6 Å². The Morgan fingerprint density at radius 1 is 1.35 bits per heavy atom. The molecule has 1 amide bonds. The zero-order valence-electron chi connectivity index (χ0n) is 14.1. The van der Waals surface area contributed by atoms with Crippen molar-refractivity contribution in [3.05, 3.63) is 69.5 Å². The van der Waals surface area contributed by atoms with Gasteiger partial charge in [-0.1, -0.05) is 12.1 Å². The lowest BCUT2D eigenvalue weighted by Gasteiger charge is -2.36. The number of piperazine rings is 1. The Morgan fingerprint density at radius 2 is 2.15 bits per heavy atom. The number of nitrogens with one attached hydrogen (secondary N) is 1. The van der Waals surface area contributed by atoms with E-state index >= 15 is 0 Å². The number of halogens is 1. The van der Waals surface area contributed by atoms with Crippen LogP contribution in [-0.4, -0.2) is 42.5 Å². The number of nitrogens with zero attached hydrogens (tertiary/aromatic N) is 2. The first-order valence-corrected chi connectivity index (χ1v) is 8.11. The Balaban J connectivity index is 1.94. The van der Waals surface area contributed by atoms with E-state index in [0.29, 0.717) is 25.2 Å². The second-order valence-corrected chi connectivity index (χ2v) is 5.92. The lowest BCUT2D eigenvalue weighted by atomic mass is 10.0. The van der Waals surface area contributed by atoms with Crippen LogP contribution >= 0.6 is 0 Å². The summed E-state index contributed by atoms with van der Waals surface area (Å²) in [5.74, 6) is -0.624. The van der Waals surface area contributed by atoms with Crippen LogP contribution in [0.15, 0.2) is 42.5 Å². The molecule has 2 aromatic rings. The van der Waals surface area contributed by atoms with Gasteiger partial charge in [-0.15, -0.1) is 0 Å². The maximum atomic E-state index is 13.6. The monoisotopic (exact) mass is 359 g/mol. The molecule has 0 saturated carbocycles. The number of rotatable bonds is 4. The average Bonchev–Trinajstić information content (AvgIpc) is 2.66. The molecule has 2 aromatic carbocycles. The third-order valence-electron chi connectivity index (χ3n) is 4.36. The number of ether oxygens (including phenoxy) is 1. The van der Waals surface area contributed by atoms with Crippen LogP contribution in [0.4, 0.5) is 10.1 Å². The molecule has 3 rings (SSSR count). The molecule has 0 radical (unpaired) electrons. The summed E-state index contributed by atoms with van der Waals surface area (Å²) in [5, 5.41) is 14.4. The lowest BCUT2D eigenvalue weighted by Crippen LogP contribution is -2.48. The third kappa shape index (κ3) is 3.50. The summed E-state index contributed by atoms with van der Waals surface area (Å²) >= 11 is 0. The molecule has 0 aromatic heterocycles. The van der Waals surface area contributed by atoms with E-state index in [1.54, 1.807) is 17.0 Å². The summed E-state index contributed by atoms with van der Waals surface area (Å²) < 4.78 is 18.6. The largest absolute Gasteiger partial charge is 0.490 e. The molecule has 8 heteroatoms. The Morgan fingerprint density at radius 3 is 2.85 bits per heavy atom. The van der Waals surface area contributed by atoms with Crippen molar-refractivity contribution in [1.82, 2.24) is 10.2 Å². The van der Waals surface area contributed by atoms with Crippen molar-refractivity contribution < 1.29 is 18.8 Å². The lowest BCUT2D eigenvalue weighted by molar-refractivity contribution is -0.385. The number of carbonyl (C=O) groups is 1. The SMILES string of the molecule is COc1ccc(C(=O)N2CCNCC2c2cccc(F)c2)cc1[N+](=O)[O-]. The van der Waals surface area contributed by atoms with E-state index in [2.05, 4.69) is 5.32 Å². The van der Waals surface area contributed by atoms with Gasteiger partial charge in [0, 0.05) is 31.3 Å². The first-order valence-electron chi connectivity index (χ1n) is 8.11. The van der Waals surface area contributed by atoms with Crippen molar-refractivity contribution in [2.75, 3.05) is 26.7 Å². The van der Waals surface area contributed by atoms with Crippen molar-refractivity contribution in [2.45, 2.75) is 6.04 Å². The molecule has 1 aliphatic heterocycles. The molecule has 1 unspecified atom stereocenters. The molecular formula is C18H18FN3O4. The van der Waals surface area contributed by atoms with Crippen LogP contribution in [-0.2, 0) is 0 Å². The second kappa shape index (κ2) is 7.49. The maximum Gasteiger partial charge on any atom is 0.311 e. The highest BCUT2D eigenvalue weighted by atomic mass is 19.1. The fourth-order valence-electron chi connectivity index (χ4n) is 3.09. The van der Waals surface area contributed by atoms with Gasteiger partial charge in [-0.3, -0.25) is 14.9 Å². The number of hydrogen-bond acceptors (Lipinski definition) is 5. The van der Waals surface area contributed by atoms with Crippen LogP contribution in [0, 0.1) is 15.9 Å². The Labute approximate surface area is 149 Å². The Kier molecular flexibility index (Phi) is 5.13. The van der Waals surface area contributed by atoms with Gasteiger partial charge in [-0.05, 0) is 29.8 Å². The normalized spacial score (nSPS) is 17.0. The van der Waals surface area contributed by atoms with Gasteiger partial charge < -0.3 is 15.0 Å². The molecule has 1 atom stereocenters. The topological polar surface area (TPSA) is 84.7 Å². The molecule has 136 valence electrons. The molecule has 1 fully saturated rings. The van der Waals surface area contributed by atoms with E-state index in [0.717, 1.165) is 0 Å². The van der Waals surface area contributed by atoms with Gasteiger partial charge in [0.25, 0.3) is 5.91 Å². The number of nitro benzene ring substituents is 1. The first kappa shape index (κ1) is 17.8. The number of amides is 1. The molecule has 0 aliphatic carbocycles. The number of carbonyl (C=O) groups excluding carboxylic acids is 1. The van der Waals surface area contributed by atoms with Gasteiger partial charge in [0.1, 0.15) is 5.82 Å². The minimum absolute atomic E-state index is 0.0912. The number of hydrogen-bond donors (Lipinski definition) is 1. The van der Waals surface area contributed by atoms with E-state index < -0.39 is 4.92 Å². The van der Waals surface area contributed by atoms with Crippen molar-refractivity contribution in [2.24, 2.45) is 0 Å². The molecule has 1 saturated heterocycles. The fourth-order valence-corrected chi connectivity index (χ4v) is 3.09. The first-order chi connectivity index (χ1) is 12.5. The van der Waals surface area contributed by atoms with Crippen molar-refractivity contribution in [1.29, 1.82) is 0 Å².